The standard InChI is InChI=1S/C24H20N4O4S2/c29-22(25-24-27-26-23(33-24)18-11-5-2-6-12-18)21-15-28(19-13-7-8-14-20(19)32-21)34(30,31)16-17-9-3-1-4-10-17/h1-14,21H,15-16H2,(H,25,27,29)/t21-/m0/s1. The fraction of sp³-hybridized carbons (Fsp3) is 0.125. The van der Waals surface area contributed by atoms with Crippen molar-refractivity contribution in [1.82, 2.24) is 10.2 Å². The van der Waals surface area contributed by atoms with Gasteiger partial charge in [-0.05, 0) is 17.7 Å². The number of carbonyl (C=O) groups excluding carboxylic acids is 1. The van der Waals surface area contributed by atoms with Crippen LogP contribution in [0.1, 0.15) is 5.56 Å². The Bertz CT molecular complexity index is 1410. The van der Waals surface area contributed by atoms with Crippen LogP contribution >= 0.6 is 11.3 Å². The highest BCUT2D eigenvalue weighted by Crippen LogP contribution is 2.36. The number of hydrogen-bond acceptors (Lipinski definition) is 7. The zero-order chi connectivity index (χ0) is 23.5. The van der Waals surface area contributed by atoms with Crippen LogP contribution in [-0.4, -0.2) is 37.2 Å². The molecule has 0 saturated carbocycles. The summed E-state index contributed by atoms with van der Waals surface area (Å²) in [5, 5.41) is 11.9. The minimum atomic E-state index is -3.77. The van der Waals surface area contributed by atoms with Crippen LogP contribution in [0.4, 0.5) is 10.8 Å². The molecule has 0 bridgehead atoms. The van der Waals surface area contributed by atoms with Gasteiger partial charge in [0.1, 0.15) is 10.8 Å². The first-order chi connectivity index (χ1) is 16.5. The van der Waals surface area contributed by atoms with E-state index in [1.54, 1.807) is 48.5 Å². The number of hydrogen-bond donors (Lipinski definition) is 1. The van der Waals surface area contributed by atoms with E-state index in [4.69, 9.17) is 4.74 Å². The first-order valence-corrected chi connectivity index (χ1v) is 12.9. The maximum atomic E-state index is 13.3. The smallest absolute Gasteiger partial charge is 0.269 e. The lowest BCUT2D eigenvalue weighted by atomic mass is 10.2. The van der Waals surface area contributed by atoms with Crippen molar-refractivity contribution >= 4 is 38.1 Å². The molecule has 3 aromatic carbocycles. The van der Waals surface area contributed by atoms with E-state index < -0.39 is 22.0 Å². The predicted octanol–water partition coefficient (Wildman–Crippen LogP) is 3.94. The quantitative estimate of drug-likeness (QED) is 0.438. The third-order valence-corrected chi connectivity index (χ3v) is 7.83. The molecule has 0 saturated heterocycles. The van der Waals surface area contributed by atoms with Crippen molar-refractivity contribution < 1.29 is 17.9 Å². The number of carbonyl (C=O) groups is 1. The molecule has 34 heavy (non-hydrogen) atoms. The van der Waals surface area contributed by atoms with Crippen LogP contribution in [0, 0.1) is 0 Å². The largest absolute Gasteiger partial charge is 0.476 e. The predicted molar refractivity (Wildman–Crippen MR) is 131 cm³/mol. The van der Waals surface area contributed by atoms with E-state index in [0.29, 0.717) is 27.1 Å². The van der Waals surface area contributed by atoms with Crippen molar-refractivity contribution in [3.63, 3.8) is 0 Å². The molecule has 8 nitrogen and oxygen atoms in total. The van der Waals surface area contributed by atoms with Crippen LogP contribution in [0.3, 0.4) is 0 Å². The molecule has 0 fully saturated rings. The van der Waals surface area contributed by atoms with E-state index in [1.807, 2.05) is 36.4 Å². The van der Waals surface area contributed by atoms with Gasteiger partial charge in [0.25, 0.3) is 5.91 Å². The lowest BCUT2D eigenvalue weighted by Gasteiger charge is -2.34. The normalized spacial score (nSPS) is 15.3. The zero-order valence-corrected chi connectivity index (χ0v) is 19.5. The lowest BCUT2D eigenvalue weighted by Crippen LogP contribution is -2.49. The van der Waals surface area contributed by atoms with Gasteiger partial charge in [0, 0.05) is 5.56 Å². The van der Waals surface area contributed by atoms with Gasteiger partial charge in [-0.2, -0.15) is 0 Å². The molecular formula is C24H20N4O4S2. The molecule has 2 heterocycles. The summed E-state index contributed by atoms with van der Waals surface area (Å²) in [6, 6.07) is 25.2. The molecule has 1 aliphatic heterocycles. The van der Waals surface area contributed by atoms with E-state index in [9.17, 15) is 13.2 Å². The van der Waals surface area contributed by atoms with Gasteiger partial charge in [0.05, 0.1) is 18.0 Å². The summed E-state index contributed by atoms with van der Waals surface area (Å²) in [6.45, 7) is -0.150. The van der Waals surface area contributed by atoms with Gasteiger partial charge < -0.3 is 4.74 Å². The summed E-state index contributed by atoms with van der Waals surface area (Å²) in [4.78, 5) is 13.0. The van der Waals surface area contributed by atoms with Crippen LogP contribution < -0.4 is 14.4 Å². The van der Waals surface area contributed by atoms with Crippen molar-refractivity contribution in [2.75, 3.05) is 16.2 Å². The Morgan fingerprint density at radius 2 is 1.65 bits per heavy atom. The number of aromatic nitrogens is 2. The third-order valence-electron chi connectivity index (χ3n) is 5.23. The minimum Gasteiger partial charge on any atom is -0.476 e. The Morgan fingerprint density at radius 3 is 2.41 bits per heavy atom. The average Bonchev–Trinajstić information content (AvgIpc) is 3.32. The highest BCUT2D eigenvalue weighted by molar-refractivity contribution is 7.92. The molecule has 172 valence electrons. The topological polar surface area (TPSA) is 101 Å². The number of sulfonamides is 1. The number of amides is 1. The zero-order valence-electron chi connectivity index (χ0n) is 17.9. The molecule has 0 radical (unpaired) electrons. The summed E-state index contributed by atoms with van der Waals surface area (Å²) < 4.78 is 33.8. The fourth-order valence-electron chi connectivity index (χ4n) is 3.62. The van der Waals surface area contributed by atoms with Gasteiger partial charge in [-0.25, -0.2) is 8.42 Å². The number of fused-ring (bicyclic) bond motifs is 1. The van der Waals surface area contributed by atoms with Crippen LogP contribution in [0.25, 0.3) is 10.6 Å². The molecule has 10 heteroatoms. The summed E-state index contributed by atoms with van der Waals surface area (Å²) in [5.74, 6) is -0.356. The molecule has 1 N–H and O–H groups in total. The van der Waals surface area contributed by atoms with E-state index in [0.717, 1.165) is 5.56 Å². The molecule has 0 unspecified atom stereocenters. The van der Waals surface area contributed by atoms with Crippen LogP contribution in [-0.2, 0) is 20.6 Å². The summed E-state index contributed by atoms with van der Waals surface area (Å²) >= 11 is 1.23. The fourth-order valence-corrected chi connectivity index (χ4v) is 5.96. The highest BCUT2D eigenvalue weighted by atomic mass is 32.2. The van der Waals surface area contributed by atoms with E-state index in [1.165, 1.54) is 15.6 Å². The van der Waals surface area contributed by atoms with Gasteiger partial charge in [-0.15, -0.1) is 10.2 Å². The summed E-state index contributed by atoms with van der Waals surface area (Å²) in [5.41, 5.74) is 1.96. The molecule has 1 amide bonds. The van der Waals surface area contributed by atoms with Crippen LogP contribution in [0.15, 0.2) is 84.9 Å². The van der Waals surface area contributed by atoms with Gasteiger partial charge in [-0.1, -0.05) is 84.1 Å². The molecule has 1 atom stereocenters. The van der Waals surface area contributed by atoms with Crippen LogP contribution in [0.2, 0.25) is 0 Å². The maximum absolute atomic E-state index is 13.3. The van der Waals surface area contributed by atoms with Crippen molar-refractivity contribution in [3.05, 3.63) is 90.5 Å². The molecule has 1 aliphatic rings. The van der Waals surface area contributed by atoms with Gasteiger partial charge in [0.2, 0.25) is 15.2 Å². The van der Waals surface area contributed by atoms with Crippen molar-refractivity contribution in [3.8, 4) is 16.3 Å². The van der Waals surface area contributed by atoms with E-state index in [-0.39, 0.29) is 12.3 Å². The summed E-state index contributed by atoms with van der Waals surface area (Å²) in [7, 11) is -3.77. The molecule has 4 aromatic rings. The second kappa shape index (κ2) is 9.24. The molecule has 5 rings (SSSR count). The first-order valence-electron chi connectivity index (χ1n) is 10.5. The lowest BCUT2D eigenvalue weighted by molar-refractivity contribution is -0.122. The van der Waals surface area contributed by atoms with Gasteiger partial charge in [-0.3, -0.25) is 14.4 Å². The number of nitrogens with zero attached hydrogens (tertiary/aromatic N) is 3. The second-order valence-corrected chi connectivity index (χ2v) is 10.5. The molecule has 0 aliphatic carbocycles. The van der Waals surface area contributed by atoms with Crippen molar-refractivity contribution in [2.45, 2.75) is 11.9 Å². The maximum Gasteiger partial charge on any atom is 0.269 e. The third kappa shape index (κ3) is 4.63. The van der Waals surface area contributed by atoms with Crippen LogP contribution in [0.5, 0.6) is 5.75 Å². The average molecular weight is 493 g/mol. The van der Waals surface area contributed by atoms with E-state index in [2.05, 4.69) is 15.5 Å². The number of nitrogens with one attached hydrogen (secondary N) is 1. The molecule has 1 aromatic heterocycles. The van der Waals surface area contributed by atoms with Gasteiger partial charge in [0.15, 0.2) is 6.10 Å². The highest BCUT2D eigenvalue weighted by Gasteiger charge is 2.37. The minimum absolute atomic E-state index is 0.150. The first kappa shape index (κ1) is 22.1. The molecule has 0 spiro atoms. The Morgan fingerprint density at radius 1 is 0.971 bits per heavy atom. The Labute approximate surface area is 200 Å². The monoisotopic (exact) mass is 492 g/mol. The second-order valence-electron chi connectivity index (χ2n) is 7.61. The molecular weight excluding hydrogens is 472 g/mol. The number of benzene rings is 3. The SMILES string of the molecule is O=C(Nc1nnc(-c2ccccc2)s1)[C@@H]1CN(S(=O)(=O)Cc2ccccc2)c2ccccc2O1. The number of anilines is 2. The number of rotatable bonds is 6. The van der Waals surface area contributed by atoms with Gasteiger partial charge >= 0.3 is 0 Å². The van der Waals surface area contributed by atoms with E-state index >= 15 is 0 Å². The Kier molecular flexibility index (Phi) is 5.99. The Hall–Kier alpha value is -3.76. The number of ether oxygens (including phenoxy) is 1. The number of para-hydroxylation sites is 2. The van der Waals surface area contributed by atoms with Crippen molar-refractivity contribution in [1.29, 1.82) is 0 Å². The summed E-state index contributed by atoms with van der Waals surface area (Å²) in [6.07, 6.45) is -1.05. The Balaban J connectivity index is 1.37. The van der Waals surface area contributed by atoms with Crippen molar-refractivity contribution in [2.24, 2.45) is 0 Å².